The number of imidazole rings is 6. The van der Waals surface area contributed by atoms with Gasteiger partial charge < -0.3 is 4.57 Å². The summed E-state index contributed by atoms with van der Waals surface area (Å²) in [5.41, 5.74) is 19.7. The van der Waals surface area contributed by atoms with Crippen LogP contribution in [-0.4, -0.2) is 97.0 Å². The van der Waals surface area contributed by atoms with Gasteiger partial charge in [0.1, 0.15) is 0 Å². The van der Waals surface area contributed by atoms with Crippen LogP contribution in [0.3, 0.4) is 0 Å². The molecule has 0 spiro atoms. The lowest BCUT2D eigenvalue weighted by molar-refractivity contribution is 0.877. The number of benzene rings is 18. The molecule has 17 nitrogen and oxygen atoms in total. The molecule has 0 radical (unpaired) electrons. The van der Waals surface area contributed by atoms with Gasteiger partial charge >= 0.3 is 0 Å². The Morgan fingerprint density at radius 1 is 0.154 bits per heavy atom. The second kappa shape index (κ2) is 30.2. The van der Waals surface area contributed by atoms with E-state index < -0.39 is 16.1 Å². The molecule has 0 atom stereocenters. The third-order valence-electron chi connectivity index (χ3n) is 27.7. The lowest BCUT2D eigenvalue weighted by atomic mass is 10.0. The Labute approximate surface area is 778 Å². The molecule has 0 saturated carbocycles. The second-order valence-electron chi connectivity index (χ2n) is 34.9. The van der Waals surface area contributed by atoms with Gasteiger partial charge in [-0.3, -0.25) is 17.8 Å². The quantitative estimate of drug-likeness (QED) is 0.0679. The molecule has 0 N–H and O–H groups in total. The number of hydrogen-bond acceptors (Lipinski definition) is 9. The van der Waals surface area contributed by atoms with E-state index in [1.807, 2.05) is 6.07 Å². The normalized spacial score (nSPS) is 12.3. The molecule has 0 aliphatic heterocycles. The van der Waals surface area contributed by atoms with Crippen LogP contribution in [-0.2, 0) is 0 Å². The molecule has 0 aliphatic carbocycles. The molecular formula is C117H75N17Si2. The van der Waals surface area contributed by atoms with E-state index in [1.54, 1.807) is 0 Å². The van der Waals surface area contributed by atoms with Gasteiger partial charge in [-0.15, -0.1) is 0 Å². The minimum atomic E-state index is -3.18. The maximum Gasteiger partial charge on any atom is 0.242 e. The molecule has 136 heavy (non-hydrogen) atoms. The zero-order valence-corrected chi connectivity index (χ0v) is 74.9. The number of hydrogen-bond donors (Lipinski definition) is 0. The maximum atomic E-state index is 5.66. The van der Waals surface area contributed by atoms with Gasteiger partial charge in [0.2, 0.25) is 41.1 Å². The van der Waals surface area contributed by atoms with Crippen LogP contribution in [0.25, 0.3) is 191 Å². The minimum absolute atomic E-state index is 0.389. The van der Waals surface area contributed by atoms with E-state index in [9.17, 15) is 0 Å². The number of fused-ring (bicyclic) bond motifs is 21. The lowest BCUT2D eigenvalue weighted by Gasteiger charge is -2.35. The van der Waals surface area contributed by atoms with E-state index in [0.29, 0.717) is 52.8 Å². The van der Waals surface area contributed by atoms with Crippen LogP contribution in [0.4, 0.5) is 0 Å². The van der Waals surface area contributed by atoms with Crippen molar-refractivity contribution in [1.82, 2.24) is 80.9 Å². The summed E-state index contributed by atoms with van der Waals surface area (Å²) in [6.07, 6.45) is 0. The highest BCUT2D eigenvalue weighted by Crippen LogP contribution is 2.40. The number of nitrogens with zero attached hydrogens (tertiary/aromatic N) is 17. The van der Waals surface area contributed by atoms with Crippen LogP contribution in [0.5, 0.6) is 0 Å². The highest BCUT2D eigenvalue weighted by atomic mass is 28.3. The topological polar surface area (TPSA) is 154 Å². The molecule has 28 aromatic rings. The van der Waals surface area contributed by atoms with Gasteiger partial charge in [-0.2, -0.15) is 29.9 Å². The van der Waals surface area contributed by atoms with Crippen LogP contribution in [0.1, 0.15) is 0 Å². The molecule has 10 aromatic heterocycles. The third kappa shape index (κ3) is 11.4. The molecule has 0 amide bonds. The zero-order chi connectivity index (χ0) is 89.3. The summed E-state index contributed by atoms with van der Waals surface area (Å²) < 4.78 is 17.6. The molecule has 0 bridgehead atoms. The maximum absolute atomic E-state index is 5.66. The number of rotatable bonds is 16. The number of para-hydroxylation sites is 12. The summed E-state index contributed by atoms with van der Waals surface area (Å²) in [6.45, 7) is 0. The molecule has 0 unspecified atom stereocenters. The lowest BCUT2D eigenvalue weighted by Crippen LogP contribution is -2.74. The smallest absolute Gasteiger partial charge is 0.242 e. The van der Waals surface area contributed by atoms with Gasteiger partial charge in [0.05, 0.1) is 88.3 Å². The molecule has 18 aromatic carbocycles. The molecule has 636 valence electrons. The van der Waals surface area contributed by atoms with Crippen molar-refractivity contribution in [3.8, 4) is 63.4 Å². The summed E-state index contributed by atoms with van der Waals surface area (Å²) in [5, 5.41) is 14.7. The van der Waals surface area contributed by atoms with Gasteiger partial charge in [0, 0.05) is 38.4 Å². The number of aromatic nitrogens is 17. The van der Waals surface area contributed by atoms with Gasteiger partial charge in [-0.1, -0.05) is 346 Å². The summed E-state index contributed by atoms with van der Waals surface area (Å²) in [6, 6.07) is 164. The van der Waals surface area contributed by atoms with Crippen molar-refractivity contribution in [2.24, 2.45) is 0 Å². The Morgan fingerprint density at radius 2 is 0.419 bits per heavy atom. The Kier molecular flexibility index (Phi) is 17.0. The first-order valence-electron chi connectivity index (χ1n) is 45.8. The monoisotopic (exact) mass is 1770 g/mol. The Morgan fingerprint density at radius 3 is 0.787 bits per heavy atom. The van der Waals surface area contributed by atoms with Gasteiger partial charge in [-0.25, -0.2) is 28.7 Å². The van der Waals surface area contributed by atoms with Crippen LogP contribution in [0, 0.1) is 0 Å². The molecule has 28 rings (SSSR count). The molecule has 19 heteroatoms. The fourth-order valence-electron chi connectivity index (χ4n) is 21.9. The average molecular weight is 1780 g/mol. The third-order valence-corrected chi connectivity index (χ3v) is 37.3. The molecule has 0 aliphatic rings. The Hall–Kier alpha value is -18.2. The standard InChI is InChI=1S/C117H75N17Si2/c1-6-34-81(35-7-1)135(82-36-8-2-9-37-82,83-38-10-3-11-39-83)86-67-61-77(62-68-86)110-123-113(132-104-58-29-26-55-101(104)129-100-54-25-20-49-93(100)118-115(129)132)126-114(124-110)134-106-60-31-28-57-103(106)131-108-74-79(66-72-95(108)120-117(131)134)78-65-71-94-107(73-78)130-102-56-27-30-59-105(102)133(116(130)119-94)112-122-109(121-111(125-112)128-98-52-23-18-47-91(98)92-48-19-24-53-99(92)128)76-63-69-87(70-64-76)136(84-40-12-4-13-41-84,85-42-14-5-15-43-85)88-44-32-33-80(75-88)127-96-50-21-16-45-89(96)90-46-17-22-51-97(90)127/h1-75H. The van der Waals surface area contributed by atoms with Crippen LogP contribution in [0.2, 0.25) is 0 Å². The van der Waals surface area contributed by atoms with Crippen molar-refractivity contribution < 1.29 is 0 Å². The summed E-state index contributed by atoms with van der Waals surface area (Å²) >= 11 is 0. The first-order valence-corrected chi connectivity index (χ1v) is 49.8. The first kappa shape index (κ1) is 76.7. The highest BCUT2D eigenvalue weighted by Gasteiger charge is 2.44. The fourth-order valence-corrected chi connectivity index (χ4v) is 31.4. The van der Waals surface area contributed by atoms with Crippen molar-refractivity contribution in [1.29, 1.82) is 0 Å². The van der Waals surface area contributed by atoms with Crippen LogP contribution < -0.4 is 41.5 Å². The van der Waals surface area contributed by atoms with E-state index in [4.69, 9.17) is 44.9 Å². The largest absolute Gasteiger partial charge is 0.309 e. The summed E-state index contributed by atoms with van der Waals surface area (Å²) in [7, 11) is -6.09. The fraction of sp³-hybridized carbons (Fsp3) is 0. The van der Waals surface area contributed by atoms with Crippen molar-refractivity contribution >= 4 is 185 Å². The van der Waals surface area contributed by atoms with E-state index in [1.165, 1.54) is 52.3 Å². The van der Waals surface area contributed by atoms with Crippen molar-refractivity contribution in [3.63, 3.8) is 0 Å². The Balaban J connectivity index is 0.596. The van der Waals surface area contributed by atoms with Crippen molar-refractivity contribution in [2.75, 3.05) is 0 Å². The van der Waals surface area contributed by atoms with Crippen molar-refractivity contribution in [3.05, 3.63) is 455 Å². The van der Waals surface area contributed by atoms with E-state index in [2.05, 4.69) is 485 Å². The van der Waals surface area contributed by atoms with Gasteiger partial charge in [0.15, 0.2) is 27.8 Å². The summed E-state index contributed by atoms with van der Waals surface area (Å²) in [5.74, 6) is 4.62. The van der Waals surface area contributed by atoms with Crippen LogP contribution >= 0.6 is 0 Å². The predicted molar refractivity (Wildman–Crippen MR) is 555 cm³/mol. The minimum Gasteiger partial charge on any atom is -0.309 e. The second-order valence-corrected chi connectivity index (χ2v) is 42.5. The van der Waals surface area contributed by atoms with Crippen LogP contribution in [0.15, 0.2) is 455 Å². The molecular weight excluding hydrogens is 1700 g/mol. The summed E-state index contributed by atoms with van der Waals surface area (Å²) in [4.78, 5) is 50.2. The Bertz CT molecular complexity index is 9460. The van der Waals surface area contributed by atoms with E-state index >= 15 is 0 Å². The predicted octanol–water partition coefficient (Wildman–Crippen LogP) is 20.2. The van der Waals surface area contributed by atoms with Crippen molar-refractivity contribution in [2.45, 2.75) is 0 Å². The first-order chi connectivity index (χ1) is 67.4. The zero-order valence-electron chi connectivity index (χ0n) is 72.9. The van der Waals surface area contributed by atoms with E-state index in [0.717, 1.165) is 127 Å². The molecule has 0 fully saturated rings. The van der Waals surface area contributed by atoms with Gasteiger partial charge in [0.25, 0.3) is 0 Å². The molecule has 10 heterocycles. The SMILES string of the molecule is c1ccc([Si](c2ccccc2)(c2ccccc2)c2ccc(-c3nc(-n4c5ccccc5n5c6ccccc6nc45)nc(-n4c5ccccc5n5c6cc(-c7ccc8nc9n(-c%10nc(-c%11ccc([Si](c%12ccccc%12)(c%12ccccc%12)c%12cccc(-n%13c%14ccccc%14c%14ccccc%14%13)c%12)cc%11)nc(-n%11c%12ccccc%12c%12ccccc%12%11)n%10)c%10ccccc%10n9c8c7)ccc6nc45)n3)cc2)cc1. The molecule has 0 saturated heterocycles. The van der Waals surface area contributed by atoms with E-state index in [-0.39, 0.29) is 0 Å². The van der Waals surface area contributed by atoms with Gasteiger partial charge in [-0.05, 0) is 162 Å². The highest BCUT2D eigenvalue weighted by molar-refractivity contribution is 7.20. The average Bonchev–Trinajstić information content (AvgIpc) is 1.54.